The minimum Gasteiger partial charge on any atom is -0.450 e. The SMILES string of the molecule is CCCCCC(=O)O[C@]1(C(=O)CO)[C@@H](C)C[C@H]2[C@@H]3C[C@H](F)C4=C(F)C(=O)C=C[C@]4(C)[C@@]3(F)[C@@H](O)C[C@@]21C. The van der Waals surface area contributed by atoms with E-state index < -0.39 is 94.1 Å². The van der Waals surface area contributed by atoms with Crippen LogP contribution in [0.4, 0.5) is 13.2 Å². The van der Waals surface area contributed by atoms with Crippen LogP contribution in [0.3, 0.4) is 0 Å². The van der Waals surface area contributed by atoms with Gasteiger partial charge in [-0.15, -0.1) is 0 Å². The molecule has 4 aliphatic rings. The van der Waals surface area contributed by atoms with Crippen molar-refractivity contribution in [1.29, 1.82) is 0 Å². The average molecular weight is 527 g/mol. The molecule has 0 amide bonds. The largest absolute Gasteiger partial charge is 0.450 e. The van der Waals surface area contributed by atoms with Gasteiger partial charge >= 0.3 is 5.97 Å². The molecule has 0 spiro atoms. The Morgan fingerprint density at radius 2 is 1.86 bits per heavy atom. The zero-order valence-corrected chi connectivity index (χ0v) is 21.9. The number of carbonyl (C=O) groups is 3. The highest BCUT2D eigenvalue weighted by atomic mass is 19.2. The monoisotopic (exact) mass is 526 g/mol. The van der Waals surface area contributed by atoms with Crippen molar-refractivity contribution in [3.63, 3.8) is 0 Å². The molecule has 9 atom stereocenters. The fourth-order valence-electron chi connectivity index (χ4n) is 8.35. The molecule has 4 aliphatic carbocycles. The van der Waals surface area contributed by atoms with Crippen molar-refractivity contribution in [2.45, 2.75) is 96.2 Å². The molecule has 3 saturated carbocycles. The number of Topliss-reactive ketones (excluding diaryl/α,β-unsaturated/α-hetero) is 1. The maximum atomic E-state index is 17.3. The summed E-state index contributed by atoms with van der Waals surface area (Å²) < 4.78 is 53.7. The van der Waals surface area contributed by atoms with Crippen LogP contribution < -0.4 is 0 Å². The smallest absolute Gasteiger partial charge is 0.306 e. The summed E-state index contributed by atoms with van der Waals surface area (Å²) in [5.74, 6) is -6.25. The van der Waals surface area contributed by atoms with E-state index >= 15 is 8.78 Å². The number of alkyl halides is 2. The lowest BCUT2D eigenvalue weighted by Crippen LogP contribution is -2.71. The number of ether oxygens (including phenoxy) is 1. The fraction of sp³-hybridized carbons (Fsp3) is 0.750. The van der Waals surface area contributed by atoms with Gasteiger partial charge < -0.3 is 14.9 Å². The highest BCUT2D eigenvalue weighted by Crippen LogP contribution is 2.72. The standard InChI is InChI=1S/C28H37F3O6/c1-5-6-7-8-22(36)37-28(21(35)14-32)15(2)11-16-17-12-18(29)23-24(30)19(33)9-10-25(23,3)27(17,31)20(34)13-26(16,28)4/h9-10,15-18,20,32,34H,5-8,11-14H2,1-4H3/t15-,16-,17-,18-,20-,25-,26-,27-,28-/m0/s1. The Morgan fingerprint density at radius 1 is 1.19 bits per heavy atom. The second-order valence-electron chi connectivity index (χ2n) is 11.8. The highest BCUT2D eigenvalue weighted by molar-refractivity contribution is 6.04. The second-order valence-corrected chi connectivity index (χ2v) is 11.8. The van der Waals surface area contributed by atoms with E-state index in [9.17, 15) is 29.0 Å². The van der Waals surface area contributed by atoms with Gasteiger partial charge in [-0.2, -0.15) is 0 Å². The Morgan fingerprint density at radius 3 is 2.49 bits per heavy atom. The second kappa shape index (κ2) is 9.33. The van der Waals surface area contributed by atoms with Gasteiger partial charge in [0.2, 0.25) is 11.6 Å². The summed E-state index contributed by atoms with van der Waals surface area (Å²) in [6.45, 7) is 5.69. The molecule has 9 heteroatoms. The molecule has 0 aromatic carbocycles. The van der Waals surface area contributed by atoms with Crippen molar-refractivity contribution < 1.29 is 42.5 Å². The third kappa shape index (κ3) is 3.55. The van der Waals surface area contributed by atoms with Gasteiger partial charge in [0.25, 0.3) is 0 Å². The van der Waals surface area contributed by atoms with E-state index in [1.165, 1.54) is 6.92 Å². The predicted octanol–water partition coefficient (Wildman–Crippen LogP) is 4.27. The van der Waals surface area contributed by atoms with Crippen molar-refractivity contribution in [3.8, 4) is 0 Å². The van der Waals surface area contributed by atoms with Crippen molar-refractivity contribution in [1.82, 2.24) is 0 Å². The van der Waals surface area contributed by atoms with Crippen LogP contribution in [0.15, 0.2) is 23.6 Å². The molecule has 0 bridgehead atoms. The normalized spacial score (nSPS) is 44.8. The topological polar surface area (TPSA) is 101 Å². The first kappa shape index (κ1) is 28.0. The zero-order valence-electron chi connectivity index (χ0n) is 21.9. The lowest BCUT2D eigenvalue weighted by molar-refractivity contribution is -0.232. The molecular weight excluding hydrogens is 489 g/mol. The van der Waals surface area contributed by atoms with Crippen molar-refractivity contribution >= 4 is 17.5 Å². The molecule has 2 N–H and O–H groups in total. The van der Waals surface area contributed by atoms with E-state index in [4.69, 9.17) is 4.74 Å². The van der Waals surface area contributed by atoms with Gasteiger partial charge in [0.15, 0.2) is 17.1 Å². The van der Waals surface area contributed by atoms with Crippen molar-refractivity contribution in [2.75, 3.05) is 6.61 Å². The summed E-state index contributed by atoms with van der Waals surface area (Å²) in [5.41, 5.74) is -8.18. The van der Waals surface area contributed by atoms with E-state index in [1.807, 2.05) is 6.92 Å². The number of rotatable bonds is 7. The van der Waals surface area contributed by atoms with Gasteiger partial charge in [-0.05, 0) is 44.6 Å². The summed E-state index contributed by atoms with van der Waals surface area (Å²) in [6.07, 6.45) is -0.0872. The minimum atomic E-state index is -2.53. The Hall–Kier alpha value is -2.00. The number of halogens is 3. The van der Waals surface area contributed by atoms with Crippen molar-refractivity contribution in [3.05, 3.63) is 23.6 Å². The number of fused-ring (bicyclic) bond motifs is 5. The molecule has 0 aliphatic heterocycles. The van der Waals surface area contributed by atoms with Gasteiger partial charge in [0, 0.05) is 34.7 Å². The number of esters is 1. The molecule has 6 nitrogen and oxygen atoms in total. The predicted molar refractivity (Wildman–Crippen MR) is 128 cm³/mol. The Bertz CT molecular complexity index is 1060. The van der Waals surface area contributed by atoms with E-state index in [2.05, 4.69) is 0 Å². The number of aliphatic hydroxyl groups is 2. The van der Waals surface area contributed by atoms with Crippen LogP contribution in [0.25, 0.3) is 0 Å². The molecule has 0 aromatic rings. The molecule has 0 radical (unpaired) electrons. The molecule has 0 heterocycles. The van der Waals surface area contributed by atoms with Gasteiger partial charge in [-0.25, -0.2) is 13.2 Å². The van der Waals surface area contributed by atoms with E-state index in [1.54, 1.807) is 13.8 Å². The summed E-state index contributed by atoms with van der Waals surface area (Å²) in [6, 6.07) is 0. The molecule has 37 heavy (non-hydrogen) atoms. The van der Waals surface area contributed by atoms with Gasteiger partial charge in [0.1, 0.15) is 12.8 Å². The number of hydrogen-bond acceptors (Lipinski definition) is 6. The number of aliphatic hydroxyl groups excluding tert-OH is 2. The van der Waals surface area contributed by atoms with Crippen LogP contribution in [0.1, 0.15) is 72.6 Å². The van der Waals surface area contributed by atoms with Crippen molar-refractivity contribution in [2.24, 2.45) is 28.6 Å². The Balaban J connectivity index is 1.81. The van der Waals surface area contributed by atoms with Crippen LogP contribution in [0.5, 0.6) is 0 Å². The average Bonchev–Trinajstić information content (AvgIpc) is 3.05. The summed E-state index contributed by atoms with van der Waals surface area (Å²) >= 11 is 0. The van der Waals surface area contributed by atoms with Gasteiger partial charge in [0.05, 0.1) is 6.10 Å². The van der Waals surface area contributed by atoms with E-state index in [0.29, 0.717) is 6.42 Å². The lowest BCUT2D eigenvalue weighted by Gasteiger charge is -2.63. The highest BCUT2D eigenvalue weighted by Gasteiger charge is 2.78. The van der Waals surface area contributed by atoms with Crippen LogP contribution in [0.2, 0.25) is 0 Å². The summed E-state index contributed by atoms with van der Waals surface area (Å²) in [4.78, 5) is 38.2. The first-order valence-electron chi connectivity index (χ1n) is 13.3. The van der Waals surface area contributed by atoms with Crippen LogP contribution in [-0.2, 0) is 19.1 Å². The molecule has 0 unspecified atom stereocenters. The van der Waals surface area contributed by atoms with Crippen LogP contribution in [0, 0.1) is 28.6 Å². The third-order valence-corrected chi connectivity index (χ3v) is 10.1. The third-order valence-electron chi connectivity index (χ3n) is 10.1. The van der Waals surface area contributed by atoms with E-state index in [-0.39, 0.29) is 19.3 Å². The first-order valence-corrected chi connectivity index (χ1v) is 13.3. The first-order chi connectivity index (χ1) is 17.3. The fourth-order valence-corrected chi connectivity index (χ4v) is 8.35. The minimum absolute atomic E-state index is 0.0671. The molecule has 206 valence electrons. The molecule has 0 saturated heterocycles. The van der Waals surface area contributed by atoms with Gasteiger partial charge in [-0.1, -0.05) is 39.7 Å². The molecule has 0 aromatic heterocycles. The van der Waals surface area contributed by atoms with Gasteiger partial charge in [-0.3, -0.25) is 14.4 Å². The quantitative estimate of drug-likeness (QED) is 0.380. The van der Waals surface area contributed by atoms with Crippen LogP contribution >= 0.6 is 0 Å². The summed E-state index contributed by atoms with van der Waals surface area (Å²) in [7, 11) is 0. The lowest BCUT2D eigenvalue weighted by atomic mass is 9.44. The number of allylic oxidation sites excluding steroid dienone is 4. The maximum Gasteiger partial charge on any atom is 0.306 e. The molecular formula is C28H37F3O6. The van der Waals surface area contributed by atoms with E-state index in [0.717, 1.165) is 25.0 Å². The molecule has 3 fully saturated rings. The zero-order chi connectivity index (χ0) is 27.6. The van der Waals surface area contributed by atoms with Crippen LogP contribution in [-0.4, -0.2) is 57.9 Å². The Labute approximate surface area is 215 Å². The number of unbranched alkanes of at least 4 members (excludes halogenated alkanes) is 2. The number of carbonyl (C=O) groups excluding carboxylic acids is 3. The Kier molecular flexibility index (Phi) is 7.06. The number of hydrogen-bond donors (Lipinski definition) is 2. The summed E-state index contributed by atoms with van der Waals surface area (Å²) in [5, 5.41) is 21.3. The molecule has 4 rings (SSSR count). The maximum absolute atomic E-state index is 17.3. The number of ketones is 2.